The summed E-state index contributed by atoms with van der Waals surface area (Å²) >= 11 is 1.59. The molecule has 19 heavy (non-hydrogen) atoms. The highest BCUT2D eigenvalue weighted by Crippen LogP contribution is 2.11. The van der Waals surface area contributed by atoms with Gasteiger partial charge in [0.1, 0.15) is 5.75 Å². The molecule has 0 unspecified atom stereocenters. The fraction of sp³-hybridized carbons (Fsp3) is 0.286. The Morgan fingerprint density at radius 2 is 2.11 bits per heavy atom. The third-order valence-corrected chi connectivity index (χ3v) is 3.42. The number of aryl methyl sites for hydroxylation is 1. The highest BCUT2D eigenvalue weighted by atomic mass is 32.1. The highest BCUT2D eigenvalue weighted by Gasteiger charge is 2.11. The van der Waals surface area contributed by atoms with Crippen molar-refractivity contribution in [1.29, 1.82) is 0 Å². The third-order valence-electron chi connectivity index (χ3n) is 2.60. The SMILES string of the molecule is Cc1nc(CN(C)C(=O)COc2ccccc2)cs1. The van der Waals surface area contributed by atoms with Crippen molar-refractivity contribution in [3.8, 4) is 5.75 Å². The Bertz CT molecular complexity index is 539. The van der Waals surface area contributed by atoms with E-state index < -0.39 is 0 Å². The normalized spacial score (nSPS) is 10.2. The topological polar surface area (TPSA) is 42.4 Å². The van der Waals surface area contributed by atoms with E-state index in [1.165, 1.54) is 0 Å². The van der Waals surface area contributed by atoms with E-state index in [1.807, 2.05) is 42.6 Å². The Balaban J connectivity index is 1.82. The molecule has 0 fully saturated rings. The van der Waals surface area contributed by atoms with Crippen LogP contribution in [0.3, 0.4) is 0 Å². The molecule has 0 N–H and O–H groups in total. The minimum atomic E-state index is -0.0606. The zero-order valence-electron chi connectivity index (χ0n) is 11.0. The Kier molecular flexibility index (Phi) is 4.52. The van der Waals surface area contributed by atoms with Crippen LogP contribution in [0.1, 0.15) is 10.7 Å². The average Bonchev–Trinajstić information content (AvgIpc) is 2.82. The summed E-state index contributed by atoms with van der Waals surface area (Å²) in [5, 5.41) is 2.98. The predicted molar refractivity (Wildman–Crippen MR) is 75.3 cm³/mol. The number of aromatic nitrogens is 1. The van der Waals surface area contributed by atoms with Gasteiger partial charge in [0.2, 0.25) is 0 Å². The number of ether oxygens (including phenoxy) is 1. The van der Waals surface area contributed by atoms with Gasteiger partial charge in [0.25, 0.3) is 5.91 Å². The maximum atomic E-state index is 11.9. The number of carbonyl (C=O) groups is 1. The van der Waals surface area contributed by atoms with E-state index in [0.29, 0.717) is 12.3 Å². The first-order valence-electron chi connectivity index (χ1n) is 5.98. The van der Waals surface area contributed by atoms with Crippen molar-refractivity contribution in [2.75, 3.05) is 13.7 Å². The fourth-order valence-electron chi connectivity index (χ4n) is 1.58. The lowest BCUT2D eigenvalue weighted by Gasteiger charge is -2.16. The molecule has 4 nitrogen and oxygen atoms in total. The molecule has 1 amide bonds. The van der Waals surface area contributed by atoms with Gasteiger partial charge in [-0.05, 0) is 19.1 Å². The standard InChI is InChI=1S/C14H16N2O2S/c1-11-15-12(10-19-11)8-16(2)14(17)9-18-13-6-4-3-5-7-13/h3-7,10H,8-9H2,1-2H3. The number of hydrogen-bond donors (Lipinski definition) is 0. The zero-order chi connectivity index (χ0) is 13.7. The Hall–Kier alpha value is -1.88. The zero-order valence-corrected chi connectivity index (χ0v) is 11.8. The molecule has 1 aromatic carbocycles. The van der Waals surface area contributed by atoms with Crippen molar-refractivity contribution < 1.29 is 9.53 Å². The van der Waals surface area contributed by atoms with Crippen LogP contribution < -0.4 is 4.74 Å². The van der Waals surface area contributed by atoms with Crippen molar-refractivity contribution >= 4 is 17.2 Å². The van der Waals surface area contributed by atoms with E-state index in [2.05, 4.69) is 4.98 Å². The molecule has 0 bridgehead atoms. The molecular formula is C14H16N2O2S. The summed E-state index contributed by atoms with van der Waals surface area (Å²) < 4.78 is 5.42. The van der Waals surface area contributed by atoms with Gasteiger partial charge in [0.05, 0.1) is 17.2 Å². The molecule has 0 spiro atoms. The lowest BCUT2D eigenvalue weighted by molar-refractivity contribution is -0.132. The smallest absolute Gasteiger partial charge is 0.260 e. The third kappa shape index (κ3) is 4.06. The van der Waals surface area contributed by atoms with Crippen molar-refractivity contribution in [3.05, 3.63) is 46.4 Å². The quantitative estimate of drug-likeness (QED) is 0.842. The maximum absolute atomic E-state index is 11.9. The van der Waals surface area contributed by atoms with Crippen LogP contribution >= 0.6 is 11.3 Å². The van der Waals surface area contributed by atoms with Crippen LogP contribution in [-0.4, -0.2) is 29.4 Å². The number of rotatable bonds is 5. The number of hydrogen-bond acceptors (Lipinski definition) is 4. The molecule has 0 aliphatic carbocycles. The molecule has 100 valence electrons. The van der Waals surface area contributed by atoms with Gasteiger partial charge in [0, 0.05) is 12.4 Å². The minimum Gasteiger partial charge on any atom is -0.484 e. The van der Waals surface area contributed by atoms with Crippen LogP contribution in [0.4, 0.5) is 0 Å². The van der Waals surface area contributed by atoms with Crippen molar-refractivity contribution in [3.63, 3.8) is 0 Å². The fourth-order valence-corrected chi connectivity index (χ4v) is 2.19. The number of thiazole rings is 1. The molecule has 0 radical (unpaired) electrons. The predicted octanol–water partition coefficient (Wildman–Crippen LogP) is 2.49. The summed E-state index contributed by atoms with van der Waals surface area (Å²) in [7, 11) is 1.76. The van der Waals surface area contributed by atoms with E-state index in [1.54, 1.807) is 23.3 Å². The average molecular weight is 276 g/mol. The minimum absolute atomic E-state index is 0.0453. The largest absolute Gasteiger partial charge is 0.484 e. The van der Waals surface area contributed by atoms with Gasteiger partial charge in [-0.2, -0.15) is 0 Å². The van der Waals surface area contributed by atoms with Crippen LogP contribution in [-0.2, 0) is 11.3 Å². The lowest BCUT2D eigenvalue weighted by Crippen LogP contribution is -2.31. The van der Waals surface area contributed by atoms with Crippen LogP contribution in [0.5, 0.6) is 5.75 Å². The van der Waals surface area contributed by atoms with Crippen LogP contribution in [0, 0.1) is 6.92 Å². The molecule has 5 heteroatoms. The number of benzene rings is 1. The molecule has 2 rings (SSSR count). The second-order valence-electron chi connectivity index (χ2n) is 4.21. The summed E-state index contributed by atoms with van der Waals surface area (Å²) in [5.74, 6) is 0.642. The van der Waals surface area contributed by atoms with Gasteiger partial charge >= 0.3 is 0 Å². The van der Waals surface area contributed by atoms with E-state index in [4.69, 9.17) is 4.74 Å². The van der Waals surface area contributed by atoms with Gasteiger partial charge < -0.3 is 9.64 Å². The first kappa shape index (κ1) is 13.5. The second kappa shape index (κ2) is 6.33. The molecule has 0 aliphatic rings. The van der Waals surface area contributed by atoms with Crippen molar-refractivity contribution in [1.82, 2.24) is 9.88 Å². The van der Waals surface area contributed by atoms with Gasteiger partial charge in [-0.3, -0.25) is 4.79 Å². The number of carbonyl (C=O) groups excluding carboxylic acids is 1. The highest BCUT2D eigenvalue weighted by molar-refractivity contribution is 7.09. The van der Waals surface area contributed by atoms with E-state index in [9.17, 15) is 4.79 Å². The number of para-hydroxylation sites is 1. The Morgan fingerprint density at radius 1 is 1.37 bits per heavy atom. The summed E-state index contributed by atoms with van der Waals surface area (Å²) in [5.41, 5.74) is 0.915. The molecule has 1 aromatic heterocycles. The lowest BCUT2D eigenvalue weighted by atomic mass is 10.3. The second-order valence-corrected chi connectivity index (χ2v) is 5.27. The van der Waals surface area contributed by atoms with Crippen molar-refractivity contribution in [2.45, 2.75) is 13.5 Å². The molecule has 0 saturated heterocycles. The van der Waals surface area contributed by atoms with Crippen LogP contribution in [0.25, 0.3) is 0 Å². The molecule has 0 atom stereocenters. The Labute approximate surface area is 116 Å². The van der Waals surface area contributed by atoms with Crippen molar-refractivity contribution in [2.24, 2.45) is 0 Å². The molecule has 2 aromatic rings. The number of likely N-dealkylation sites (N-methyl/N-ethyl adjacent to an activating group) is 1. The summed E-state index contributed by atoms with van der Waals surface area (Å²) in [6.45, 7) is 2.51. The number of nitrogens with zero attached hydrogens (tertiary/aromatic N) is 2. The summed E-state index contributed by atoms with van der Waals surface area (Å²) in [4.78, 5) is 17.9. The van der Waals surface area contributed by atoms with Gasteiger partial charge in [-0.25, -0.2) is 4.98 Å². The molecular weight excluding hydrogens is 260 g/mol. The van der Waals surface area contributed by atoms with Gasteiger partial charge in [-0.15, -0.1) is 11.3 Å². The molecule has 0 aliphatic heterocycles. The van der Waals surface area contributed by atoms with E-state index in [0.717, 1.165) is 10.7 Å². The van der Waals surface area contributed by atoms with Crippen LogP contribution in [0.2, 0.25) is 0 Å². The van der Waals surface area contributed by atoms with E-state index in [-0.39, 0.29) is 12.5 Å². The molecule has 0 saturated carbocycles. The first-order valence-corrected chi connectivity index (χ1v) is 6.86. The van der Waals surface area contributed by atoms with Gasteiger partial charge in [0.15, 0.2) is 6.61 Å². The maximum Gasteiger partial charge on any atom is 0.260 e. The summed E-state index contributed by atoms with van der Waals surface area (Å²) in [6, 6.07) is 9.32. The van der Waals surface area contributed by atoms with E-state index >= 15 is 0 Å². The number of amides is 1. The van der Waals surface area contributed by atoms with Crippen LogP contribution in [0.15, 0.2) is 35.7 Å². The monoisotopic (exact) mass is 276 g/mol. The molecule has 1 heterocycles. The Morgan fingerprint density at radius 3 is 2.74 bits per heavy atom. The van der Waals surface area contributed by atoms with Gasteiger partial charge in [-0.1, -0.05) is 18.2 Å². The summed E-state index contributed by atoms with van der Waals surface area (Å²) in [6.07, 6.45) is 0. The first-order chi connectivity index (χ1) is 9.15.